The standard InChI is InChI=1S/C69H135NO10/c1-3-5-7-9-11-13-15-17-19-20-21-22-23-24-25-26-27-28-29-30-31-32-33-34-35-36-37-38-39-40-41-43-45-47-49-51-53-55-57-62(73)68(78)70-60(59-79-69-67(77)66(76)65(75)63(58-71)80-69)64(74)61(72)56-54-52-50-48-46-44-42-18-16-14-12-10-8-6-4-2/h30-31,60-67,69,71-77H,3-29,32-59H2,1-2H3,(H,70,78)/b31-30-. The lowest BCUT2D eigenvalue weighted by Crippen LogP contribution is -2.60. The predicted molar refractivity (Wildman–Crippen MR) is 335 cm³/mol. The second-order valence-electron chi connectivity index (χ2n) is 25.0. The van der Waals surface area contributed by atoms with Gasteiger partial charge < -0.3 is 50.5 Å². The molecule has 1 aliphatic heterocycles. The first kappa shape index (κ1) is 76.9. The molecule has 476 valence electrons. The number of amides is 1. The summed E-state index contributed by atoms with van der Waals surface area (Å²) in [6, 6.07) is -1.17. The van der Waals surface area contributed by atoms with Gasteiger partial charge in [-0.2, -0.15) is 0 Å². The van der Waals surface area contributed by atoms with Crippen molar-refractivity contribution >= 4 is 5.91 Å². The Morgan fingerprint density at radius 1 is 0.425 bits per heavy atom. The van der Waals surface area contributed by atoms with Gasteiger partial charge in [0.1, 0.15) is 36.6 Å². The summed E-state index contributed by atoms with van der Waals surface area (Å²) in [7, 11) is 0. The van der Waals surface area contributed by atoms with E-state index in [1.54, 1.807) is 0 Å². The van der Waals surface area contributed by atoms with Crippen LogP contribution < -0.4 is 5.32 Å². The summed E-state index contributed by atoms with van der Waals surface area (Å²) in [4.78, 5) is 13.2. The van der Waals surface area contributed by atoms with E-state index >= 15 is 0 Å². The van der Waals surface area contributed by atoms with E-state index in [2.05, 4.69) is 31.3 Å². The maximum Gasteiger partial charge on any atom is 0.249 e. The summed E-state index contributed by atoms with van der Waals surface area (Å²) < 4.78 is 11.2. The molecule has 1 fully saturated rings. The van der Waals surface area contributed by atoms with Crippen LogP contribution in [0.4, 0.5) is 0 Å². The summed E-state index contributed by atoms with van der Waals surface area (Å²) >= 11 is 0. The highest BCUT2D eigenvalue weighted by molar-refractivity contribution is 5.80. The van der Waals surface area contributed by atoms with Gasteiger partial charge >= 0.3 is 0 Å². The normalized spacial score (nSPS) is 19.2. The largest absolute Gasteiger partial charge is 0.394 e. The van der Waals surface area contributed by atoms with Crippen molar-refractivity contribution < 1.29 is 50.0 Å². The summed E-state index contributed by atoms with van der Waals surface area (Å²) in [5.74, 6) is -0.690. The third-order valence-electron chi connectivity index (χ3n) is 17.3. The Labute approximate surface area is 493 Å². The number of unbranched alkanes of at least 4 members (excludes halogenated alkanes) is 48. The van der Waals surface area contributed by atoms with Gasteiger partial charge in [0.15, 0.2) is 6.29 Å². The third-order valence-corrected chi connectivity index (χ3v) is 17.3. The number of aliphatic hydroxyl groups is 7. The maximum atomic E-state index is 13.2. The van der Waals surface area contributed by atoms with Crippen molar-refractivity contribution in [3.8, 4) is 0 Å². The lowest BCUT2D eigenvalue weighted by molar-refractivity contribution is -0.303. The van der Waals surface area contributed by atoms with Crippen molar-refractivity contribution in [3.63, 3.8) is 0 Å². The molecule has 0 aliphatic carbocycles. The molecule has 9 unspecified atom stereocenters. The van der Waals surface area contributed by atoms with Gasteiger partial charge in [-0.1, -0.05) is 328 Å². The van der Waals surface area contributed by atoms with Crippen molar-refractivity contribution in [2.45, 2.75) is 409 Å². The minimum absolute atomic E-state index is 0.265. The van der Waals surface area contributed by atoms with Crippen molar-refractivity contribution in [1.29, 1.82) is 0 Å². The van der Waals surface area contributed by atoms with Crippen LogP contribution in [0.2, 0.25) is 0 Å². The number of allylic oxidation sites excluding steroid dienone is 2. The molecule has 0 aromatic carbocycles. The third kappa shape index (κ3) is 45.2. The van der Waals surface area contributed by atoms with Crippen LogP contribution >= 0.6 is 0 Å². The average molecular weight is 1140 g/mol. The van der Waals surface area contributed by atoms with E-state index in [4.69, 9.17) is 9.47 Å². The number of ether oxygens (including phenoxy) is 2. The van der Waals surface area contributed by atoms with Crippen LogP contribution in [-0.2, 0) is 14.3 Å². The van der Waals surface area contributed by atoms with E-state index in [1.165, 1.54) is 276 Å². The molecule has 1 rings (SSSR count). The van der Waals surface area contributed by atoms with Crippen LogP contribution in [0.25, 0.3) is 0 Å². The Kier molecular flexibility index (Phi) is 56.0. The van der Waals surface area contributed by atoms with Crippen molar-refractivity contribution in [3.05, 3.63) is 12.2 Å². The Bertz CT molecular complexity index is 1310. The first-order valence-corrected chi connectivity index (χ1v) is 35.1. The zero-order valence-corrected chi connectivity index (χ0v) is 52.6. The number of hydrogen-bond donors (Lipinski definition) is 8. The fourth-order valence-corrected chi connectivity index (χ4v) is 11.7. The monoisotopic (exact) mass is 1140 g/mol. The average Bonchev–Trinajstić information content (AvgIpc) is 3.47. The molecule has 8 N–H and O–H groups in total. The lowest BCUT2D eigenvalue weighted by atomic mass is 9.98. The minimum Gasteiger partial charge on any atom is -0.394 e. The van der Waals surface area contributed by atoms with Crippen LogP contribution in [0.3, 0.4) is 0 Å². The van der Waals surface area contributed by atoms with E-state index in [9.17, 15) is 40.5 Å². The molecule has 1 saturated heterocycles. The molecule has 0 aromatic heterocycles. The highest BCUT2D eigenvalue weighted by Gasteiger charge is 2.44. The Hall–Kier alpha value is -1.15. The highest BCUT2D eigenvalue weighted by Crippen LogP contribution is 2.24. The van der Waals surface area contributed by atoms with Crippen LogP contribution in [-0.4, -0.2) is 110 Å². The van der Waals surface area contributed by atoms with Gasteiger partial charge in [0.25, 0.3) is 0 Å². The van der Waals surface area contributed by atoms with E-state index < -0.39 is 74.2 Å². The van der Waals surface area contributed by atoms with Gasteiger partial charge in [0.05, 0.1) is 25.4 Å². The van der Waals surface area contributed by atoms with Gasteiger partial charge in [0, 0.05) is 0 Å². The van der Waals surface area contributed by atoms with Crippen LogP contribution in [0, 0.1) is 0 Å². The number of carbonyl (C=O) groups is 1. The van der Waals surface area contributed by atoms with E-state index in [0.717, 1.165) is 38.5 Å². The topological polar surface area (TPSA) is 189 Å². The smallest absolute Gasteiger partial charge is 0.249 e. The summed E-state index contributed by atoms with van der Waals surface area (Å²) in [5, 5.41) is 76.3. The van der Waals surface area contributed by atoms with Crippen molar-refractivity contribution in [2.75, 3.05) is 13.2 Å². The molecule has 1 amide bonds. The maximum absolute atomic E-state index is 13.2. The van der Waals surface area contributed by atoms with Gasteiger partial charge in [-0.15, -0.1) is 0 Å². The van der Waals surface area contributed by atoms with E-state index in [-0.39, 0.29) is 6.42 Å². The molecular formula is C69H135NO10. The molecule has 11 nitrogen and oxygen atoms in total. The fraction of sp³-hybridized carbons (Fsp3) is 0.957. The molecule has 1 heterocycles. The van der Waals surface area contributed by atoms with E-state index in [0.29, 0.717) is 19.3 Å². The summed E-state index contributed by atoms with van der Waals surface area (Å²) in [6.07, 6.45) is 60.3. The number of nitrogens with one attached hydrogen (secondary N) is 1. The van der Waals surface area contributed by atoms with E-state index in [1.807, 2.05) is 0 Å². The highest BCUT2D eigenvalue weighted by atomic mass is 16.7. The second-order valence-corrected chi connectivity index (χ2v) is 25.0. The number of hydrogen-bond acceptors (Lipinski definition) is 10. The van der Waals surface area contributed by atoms with Crippen molar-refractivity contribution in [2.24, 2.45) is 0 Å². The van der Waals surface area contributed by atoms with Gasteiger partial charge in [-0.25, -0.2) is 0 Å². The predicted octanol–water partition coefficient (Wildman–Crippen LogP) is 16.6. The molecule has 11 heteroatoms. The molecule has 0 aromatic rings. The number of aliphatic hydroxyl groups excluding tert-OH is 7. The van der Waals surface area contributed by atoms with Gasteiger partial charge in [0.2, 0.25) is 5.91 Å². The lowest BCUT2D eigenvalue weighted by Gasteiger charge is -2.40. The Morgan fingerprint density at radius 2 is 0.725 bits per heavy atom. The van der Waals surface area contributed by atoms with Crippen molar-refractivity contribution in [1.82, 2.24) is 5.32 Å². The second kappa shape index (κ2) is 58.2. The molecule has 0 saturated carbocycles. The first-order valence-electron chi connectivity index (χ1n) is 35.1. The van der Waals surface area contributed by atoms with Gasteiger partial charge in [-0.3, -0.25) is 4.79 Å². The minimum atomic E-state index is -1.66. The van der Waals surface area contributed by atoms with Crippen LogP contribution in [0.1, 0.15) is 354 Å². The van der Waals surface area contributed by atoms with Crippen LogP contribution in [0.15, 0.2) is 12.2 Å². The quantitative estimate of drug-likeness (QED) is 0.0215. The zero-order valence-electron chi connectivity index (χ0n) is 52.6. The molecule has 0 bridgehead atoms. The summed E-state index contributed by atoms with van der Waals surface area (Å²) in [6.45, 7) is 3.50. The molecule has 9 atom stereocenters. The van der Waals surface area contributed by atoms with Gasteiger partial charge in [-0.05, 0) is 38.5 Å². The molecule has 0 spiro atoms. The van der Waals surface area contributed by atoms with Crippen LogP contribution in [0.5, 0.6) is 0 Å². The molecule has 80 heavy (non-hydrogen) atoms. The molecule has 0 radical (unpaired) electrons. The fourth-order valence-electron chi connectivity index (χ4n) is 11.7. The Morgan fingerprint density at radius 3 is 1.05 bits per heavy atom. The Balaban J connectivity index is 2.10. The summed E-state index contributed by atoms with van der Waals surface area (Å²) in [5.41, 5.74) is 0. The SMILES string of the molecule is CCCCCCCCCCCCCCCCCCCC/C=C\CCCCCCCCCCCCCCCCCCC(O)C(=O)NC(COC1OC(CO)C(O)C(O)C1O)C(O)C(O)CCCCCCCCCCCCCCCCC. The molecule has 1 aliphatic rings. The first-order chi connectivity index (χ1) is 39.2. The zero-order chi connectivity index (χ0) is 58.2. The molecular weight excluding hydrogens is 1000 g/mol. The number of rotatable bonds is 62. The number of carbonyl (C=O) groups excluding carboxylic acids is 1.